The van der Waals surface area contributed by atoms with E-state index in [1.54, 1.807) is 19.3 Å². The van der Waals surface area contributed by atoms with Gasteiger partial charge in [-0.05, 0) is 44.6 Å². The number of allylic oxidation sites excluding steroid dienone is 5. The maximum atomic E-state index is 11.4. The van der Waals surface area contributed by atoms with E-state index in [0.29, 0.717) is 19.1 Å². The van der Waals surface area contributed by atoms with E-state index >= 15 is 0 Å². The summed E-state index contributed by atoms with van der Waals surface area (Å²) in [5.41, 5.74) is 1.23. The highest BCUT2D eigenvalue weighted by Crippen LogP contribution is 2.47. The summed E-state index contributed by atoms with van der Waals surface area (Å²) in [6, 6.07) is 0. The molecule has 3 N–H and O–H groups in total. The fraction of sp³-hybridized carbons (Fsp3) is 0.781. The Morgan fingerprint density at radius 1 is 1.03 bits per heavy atom. The second-order valence-electron chi connectivity index (χ2n) is 12.3. The average Bonchev–Trinajstić information content (AvgIpc) is 2.92. The summed E-state index contributed by atoms with van der Waals surface area (Å²) in [5, 5.41) is 33.9. The molecule has 1 spiro atoms. The number of aliphatic hydroxyl groups is 3. The van der Waals surface area contributed by atoms with Crippen LogP contribution in [0.15, 0.2) is 36.0 Å². The highest BCUT2D eigenvalue weighted by atomic mass is 16.7. The van der Waals surface area contributed by atoms with Crippen molar-refractivity contribution in [2.75, 3.05) is 7.11 Å². The van der Waals surface area contributed by atoms with Gasteiger partial charge < -0.3 is 29.5 Å². The first kappa shape index (κ1) is 33.9. The Morgan fingerprint density at radius 3 is 2.23 bits per heavy atom. The molecule has 0 radical (unpaired) electrons. The van der Waals surface area contributed by atoms with Crippen LogP contribution in [-0.4, -0.2) is 71.1 Å². The number of ether oxygens (including phenoxy) is 3. The molecule has 0 aromatic heterocycles. The summed E-state index contributed by atoms with van der Waals surface area (Å²) >= 11 is 0. The number of carbonyl (C=O) groups excluding carboxylic acids is 1. The standard InChI is InChI=1S/C32H54O7/c1-10-19(2)16-21(4)29(36)25(8)31-23(6)26(37-9)18-32(39-31)27(34)17-22(5)30(38-32)24(7)28(35)20(3)14-12-11-13-15-33/h10-15,20-31,34-36H,16-18H2,1-9H3/b13-11+,14-12-,19-10+/t20-,21-,22-,23+,24-,25+,26+,27-,28-,29-,30-,31-,32+/m0/s1. The minimum absolute atomic E-state index is 0.00403. The fourth-order valence-electron chi connectivity index (χ4n) is 6.55. The molecule has 0 unspecified atom stereocenters. The molecule has 2 saturated heterocycles. The molecule has 7 nitrogen and oxygen atoms in total. The van der Waals surface area contributed by atoms with Crippen LogP contribution < -0.4 is 0 Å². The number of carbonyl (C=O) groups is 1. The highest BCUT2D eigenvalue weighted by Gasteiger charge is 2.57. The van der Waals surface area contributed by atoms with Crippen LogP contribution in [0.5, 0.6) is 0 Å². The van der Waals surface area contributed by atoms with Gasteiger partial charge in [-0.3, -0.25) is 4.79 Å². The molecule has 13 atom stereocenters. The van der Waals surface area contributed by atoms with E-state index in [-0.39, 0.29) is 53.8 Å². The summed E-state index contributed by atoms with van der Waals surface area (Å²) in [4.78, 5) is 10.5. The quantitative estimate of drug-likeness (QED) is 0.138. The molecule has 2 rings (SSSR count). The number of hydrogen-bond donors (Lipinski definition) is 3. The Labute approximate surface area is 236 Å². The zero-order chi connectivity index (χ0) is 29.5. The lowest BCUT2D eigenvalue weighted by atomic mass is 9.74. The Kier molecular flexibility index (Phi) is 13.1. The molecule has 0 aromatic carbocycles. The minimum atomic E-state index is -1.29. The van der Waals surface area contributed by atoms with Gasteiger partial charge in [0.15, 0.2) is 5.79 Å². The van der Waals surface area contributed by atoms with Gasteiger partial charge in [0, 0.05) is 37.2 Å². The van der Waals surface area contributed by atoms with Crippen LogP contribution in [0.2, 0.25) is 0 Å². The van der Waals surface area contributed by atoms with E-state index < -0.39 is 24.1 Å². The van der Waals surface area contributed by atoms with Crippen LogP contribution in [0.4, 0.5) is 0 Å². The van der Waals surface area contributed by atoms with Crippen LogP contribution in [0.1, 0.15) is 74.7 Å². The number of methoxy groups -OCH3 is 1. The van der Waals surface area contributed by atoms with Gasteiger partial charge in [0.1, 0.15) is 12.4 Å². The molecule has 0 amide bonds. The van der Waals surface area contributed by atoms with Gasteiger partial charge in [-0.2, -0.15) is 0 Å². The Bertz CT molecular complexity index is 853. The first-order valence-electron chi connectivity index (χ1n) is 14.7. The Hall–Kier alpha value is -1.35. The van der Waals surface area contributed by atoms with E-state index in [1.807, 2.05) is 40.7 Å². The van der Waals surface area contributed by atoms with E-state index in [0.717, 1.165) is 6.42 Å². The van der Waals surface area contributed by atoms with E-state index in [4.69, 9.17) is 14.2 Å². The predicted molar refractivity (Wildman–Crippen MR) is 154 cm³/mol. The molecule has 2 aliphatic rings. The molecule has 0 aromatic rings. The third-order valence-corrected chi connectivity index (χ3v) is 9.32. The number of rotatable bonds is 12. The molecule has 224 valence electrons. The summed E-state index contributed by atoms with van der Waals surface area (Å²) in [7, 11) is 1.67. The zero-order valence-corrected chi connectivity index (χ0v) is 25.5. The number of hydrogen-bond acceptors (Lipinski definition) is 7. The molecule has 0 aliphatic carbocycles. The van der Waals surface area contributed by atoms with Gasteiger partial charge in [-0.1, -0.05) is 71.4 Å². The van der Waals surface area contributed by atoms with E-state index in [2.05, 4.69) is 26.8 Å². The van der Waals surface area contributed by atoms with Gasteiger partial charge in [-0.15, -0.1) is 0 Å². The molecular weight excluding hydrogens is 496 g/mol. The molecule has 2 aliphatic heterocycles. The smallest absolute Gasteiger partial charge is 0.197 e. The summed E-state index contributed by atoms with van der Waals surface area (Å²) in [6.07, 6.45) is 7.99. The van der Waals surface area contributed by atoms with Gasteiger partial charge in [-0.25, -0.2) is 0 Å². The van der Waals surface area contributed by atoms with Crippen LogP contribution in [0.3, 0.4) is 0 Å². The number of aliphatic hydroxyl groups excluding tert-OH is 3. The highest BCUT2D eigenvalue weighted by molar-refractivity contribution is 5.65. The lowest BCUT2D eigenvalue weighted by molar-refractivity contribution is -0.391. The Balaban J connectivity index is 2.30. The lowest BCUT2D eigenvalue weighted by Gasteiger charge is -2.56. The minimum Gasteiger partial charge on any atom is -0.392 e. The zero-order valence-electron chi connectivity index (χ0n) is 25.5. The SMILES string of the molecule is C/C=C(\C)C[C@H](C)[C@H](O)[C@@H](C)[C@H]1O[C@@]2(C[C@@H](OC)[C@H]1C)O[C@H]([C@@H](C)[C@@H](O)[C@@H](C)/C=C\C=C\C=O)[C@@H](C)C[C@@H]2O. The second-order valence-corrected chi connectivity index (χ2v) is 12.3. The molecule has 39 heavy (non-hydrogen) atoms. The fourth-order valence-corrected chi connectivity index (χ4v) is 6.55. The van der Waals surface area contributed by atoms with Crippen LogP contribution in [-0.2, 0) is 19.0 Å². The van der Waals surface area contributed by atoms with Crippen molar-refractivity contribution in [1.29, 1.82) is 0 Å². The molecule has 0 saturated carbocycles. The lowest BCUT2D eigenvalue weighted by Crippen LogP contribution is -2.65. The van der Waals surface area contributed by atoms with Gasteiger partial charge >= 0.3 is 0 Å². The van der Waals surface area contributed by atoms with Crippen LogP contribution >= 0.6 is 0 Å². The summed E-state index contributed by atoms with van der Waals surface area (Å²) < 4.78 is 19.3. The Morgan fingerprint density at radius 2 is 1.64 bits per heavy atom. The van der Waals surface area contributed by atoms with Crippen molar-refractivity contribution in [3.8, 4) is 0 Å². The monoisotopic (exact) mass is 550 g/mol. The van der Waals surface area contributed by atoms with Crippen molar-refractivity contribution in [3.05, 3.63) is 36.0 Å². The first-order chi connectivity index (χ1) is 18.3. The van der Waals surface area contributed by atoms with E-state index in [9.17, 15) is 20.1 Å². The normalized spacial score (nSPS) is 37.1. The van der Waals surface area contributed by atoms with Crippen LogP contribution in [0.25, 0.3) is 0 Å². The first-order valence-corrected chi connectivity index (χ1v) is 14.7. The van der Waals surface area contributed by atoms with Gasteiger partial charge in [0.2, 0.25) is 0 Å². The van der Waals surface area contributed by atoms with Gasteiger partial charge in [0.25, 0.3) is 0 Å². The van der Waals surface area contributed by atoms with Crippen molar-refractivity contribution in [2.45, 2.75) is 117 Å². The number of aldehydes is 1. The van der Waals surface area contributed by atoms with E-state index in [1.165, 1.54) is 11.6 Å². The second kappa shape index (κ2) is 15.0. The maximum Gasteiger partial charge on any atom is 0.197 e. The average molecular weight is 551 g/mol. The molecule has 7 heteroatoms. The van der Waals surface area contributed by atoms with Crippen molar-refractivity contribution >= 4 is 6.29 Å². The van der Waals surface area contributed by atoms with Crippen molar-refractivity contribution in [3.63, 3.8) is 0 Å². The molecular formula is C32H54O7. The van der Waals surface area contributed by atoms with Gasteiger partial charge in [0.05, 0.1) is 30.5 Å². The van der Waals surface area contributed by atoms with Crippen molar-refractivity contribution < 1.29 is 34.3 Å². The topological polar surface area (TPSA) is 105 Å². The third kappa shape index (κ3) is 8.11. The summed E-state index contributed by atoms with van der Waals surface area (Å²) in [5.74, 6) is -1.88. The summed E-state index contributed by atoms with van der Waals surface area (Å²) in [6.45, 7) is 16.2. The molecule has 2 heterocycles. The third-order valence-electron chi connectivity index (χ3n) is 9.32. The van der Waals surface area contributed by atoms with Crippen molar-refractivity contribution in [2.24, 2.45) is 35.5 Å². The molecule has 0 bridgehead atoms. The largest absolute Gasteiger partial charge is 0.392 e. The van der Waals surface area contributed by atoms with Crippen LogP contribution in [0, 0.1) is 35.5 Å². The van der Waals surface area contributed by atoms with Crippen molar-refractivity contribution in [1.82, 2.24) is 0 Å². The maximum absolute atomic E-state index is 11.4. The predicted octanol–water partition coefficient (Wildman–Crippen LogP) is 4.84. The molecule has 2 fully saturated rings.